The van der Waals surface area contributed by atoms with Gasteiger partial charge < -0.3 is 24.5 Å². The molecule has 1 aliphatic heterocycles. The molecule has 2 aromatic carbocycles. The van der Waals surface area contributed by atoms with E-state index >= 15 is 0 Å². The summed E-state index contributed by atoms with van der Waals surface area (Å²) >= 11 is 0. The van der Waals surface area contributed by atoms with Crippen LogP contribution in [0.15, 0.2) is 47.4 Å². The fourth-order valence-corrected chi connectivity index (χ4v) is 4.31. The molecule has 1 atom stereocenters. The molecule has 0 bridgehead atoms. The SMILES string of the molecule is CC(=O)Oc1c(C)c(C)c2c(c1C)CCC(C)(COc1ccc(NC(=O)c3ccc(=O)[nH]c3)cc1)O2. The molecular formula is C28H30N2O6. The van der Waals surface area contributed by atoms with Gasteiger partial charge in [-0.15, -0.1) is 0 Å². The number of fused-ring (bicyclic) bond motifs is 1. The van der Waals surface area contributed by atoms with Crippen molar-refractivity contribution in [3.8, 4) is 17.2 Å². The van der Waals surface area contributed by atoms with Gasteiger partial charge in [0, 0.05) is 30.4 Å². The highest BCUT2D eigenvalue weighted by molar-refractivity contribution is 6.04. The lowest BCUT2D eigenvalue weighted by molar-refractivity contribution is -0.132. The first kappa shape index (κ1) is 25.0. The maximum atomic E-state index is 12.3. The fraction of sp³-hybridized carbons (Fsp3) is 0.321. The summed E-state index contributed by atoms with van der Waals surface area (Å²) in [6.07, 6.45) is 2.91. The van der Waals surface area contributed by atoms with E-state index in [1.165, 1.54) is 25.3 Å². The summed E-state index contributed by atoms with van der Waals surface area (Å²) in [5.74, 6) is 1.45. The number of H-pyrrole nitrogens is 1. The molecule has 0 spiro atoms. The number of ether oxygens (including phenoxy) is 3. The summed E-state index contributed by atoms with van der Waals surface area (Å²) < 4.78 is 18.0. The van der Waals surface area contributed by atoms with Gasteiger partial charge in [-0.3, -0.25) is 14.4 Å². The van der Waals surface area contributed by atoms with Gasteiger partial charge in [-0.2, -0.15) is 0 Å². The average molecular weight is 491 g/mol. The van der Waals surface area contributed by atoms with Crippen molar-refractivity contribution in [1.82, 2.24) is 4.98 Å². The number of nitrogens with one attached hydrogen (secondary N) is 2. The molecule has 0 radical (unpaired) electrons. The van der Waals surface area contributed by atoms with Crippen LogP contribution < -0.4 is 25.1 Å². The van der Waals surface area contributed by atoms with Crippen molar-refractivity contribution >= 4 is 17.6 Å². The van der Waals surface area contributed by atoms with Crippen molar-refractivity contribution in [3.05, 3.63) is 80.8 Å². The van der Waals surface area contributed by atoms with E-state index in [0.29, 0.717) is 29.4 Å². The first-order valence-electron chi connectivity index (χ1n) is 11.8. The Morgan fingerprint density at radius 1 is 1.06 bits per heavy atom. The molecule has 2 N–H and O–H groups in total. The molecule has 1 amide bonds. The van der Waals surface area contributed by atoms with Crippen LogP contribution in [0, 0.1) is 20.8 Å². The normalized spacial score (nSPS) is 16.5. The Morgan fingerprint density at radius 2 is 1.78 bits per heavy atom. The standard InChI is InChI=1S/C28H30N2O6/c1-16-17(2)26-23(18(3)25(16)35-19(4)31)12-13-28(5,36-26)15-34-22-9-7-21(8-10-22)30-27(33)20-6-11-24(32)29-14-20/h6-11,14H,12-13,15H2,1-5H3,(H,29,32)(H,30,33). The molecule has 188 valence electrons. The van der Waals surface area contributed by atoms with E-state index in [0.717, 1.165) is 40.8 Å². The van der Waals surface area contributed by atoms with Crippen LogP contribution >= 0.6 is 0 Å². The lowest BCUT2D eigenvalue weighted by Crippen LogP contribution is -2.42. The summed E-state index contributed by atoms with van der Waals surface area (Å²) in [4.78, 5) is 37.5. The van der Waals surface area contributed by atoms with Gasteiger partial charge in [0.25, 0.3) is 5.91 Å². The van der Waals surface area contributed by atoms with Gasteiger partial charge in [-0.05, 0) is 87.6 Å². The zero-order valence-electron chi connectivity index (χ0n) is 21.1. The summed E-state index contributed by atoms with van der Waals surface area (Å²) in [5, 5.41) is 2.79. The van der Waals surface area contributed by atoms with Crippen molar-refractivity contribution in [2.24, 2.45) is 0 Å². The number of esters is 1. The molecule has 0 saturated carbocycles. The number of aromatic amines is 1. The van der Waals surface area contributed by atoms with Crippen LogP contribution in [0.2, 0.25) is 0 Å². The minimum Gasteiger partial charge on any atom is -0.489 e. The van der Waals surface area contributed by atoms with Crippen LogP contribution in [0.3, 0.4) is 0 Å². The topological polar surface area (TPSA) is 107 Å². The lowest BCUT2D eigenvalue weighted by Gasteiger charge is -2.37. The number of carbonyl (C=O) groups excluding carboxylic acids is 2. The van der Waals surface area contributed by atoms with Gasteiger partial charge in [0.15, 0.2) is 0 Å². The molecule has 0 saturated heterocycles. The van der Waals surface area contributed by atoms with Crippen LogP contribution in [0.5, 0.6) is 17.2 Å². The number of amides is 1. The molecule has 2 heterocycles. The zero-order chi connectivity index (χ0) is 26.0. The second-order valence-electron chi connectivity index (χ2n) is 9.37. The number of anilines is 1. The summed E-state index contributed by atoms with van der Waals surface area (Å²) in [6.45, 7) is 9.66. The van der Waals surface area contributed by atoms with Crippen LogP contribution in [0.25, 0.3) is 0 Å². The molecule has 8 nitrogen and oxygen atoms in total. The third-order valence-corrected chi connectivity index (χ3v) is 6.51. The van der Waals surface area contributed by atoms with E-state index in [9.17, 15) is 14.4 Å². The van der Waals surface area contributed by atoms with Crippen molar-refractivity contribution in [1.29, 1.82) is 0 Å². The van der Waals surface area contributed by atoms with E-state index in [1.54, 1.807) is 24.3 Å². The van der Waals surface area contributed by atoms with Crippen LogP contribution in [-0.4, -0.2) is 29.1 Å². The molecule has 0 fully saturated rings. The molecule has 4 rings (SSSR count). The zero-order valence-corrected chi connectivity index (χ0v) is 21.1. The second kappa shape index (κ2) is 9.89. The quantitative estimate of drug-likeness (QED) is 0.385. The first-order chi connectivity index (χ1) is 17.1. The number of hydrogen-bond donors (Lipinski definition) is 2. The van der Waals surface area contributed by atoms with Crippen LogP contribution in [-0.2, 0) is 11.2 Å². The highest BCUT2D eigenvalue weighted by atomic mass is 16.5. The Bertz CT molecular complexity index is 1360. The molecule has 0 aliphatic carbocycles. The predicted molar refractivity (Wildman–Crippen MR) is 136 cm³/mol. The van der Waals surface area contributed by atoms with E-state index in [2.05, 4.69) is 10.3 Å². The largest absolute Gasteiger partial charge is 0.489 e. The van der Waals surface area contributed by atoms with Gasteiger partial charge >= 0.3 is 5.97 Å². The van der Waals surface area contributed by atoms with Crippen LogP contribution in [0.4, 0.5) is 5.69 Å². The average Bonchev–Trinajstić information content (AvgIpc) is 2.85. The summed E-state index contributed by atoms with van der Waals surface area (Å²) in [6, 6.07) is 9.86. The molecular weight excluding hydrogens is 460 g/mol. The number of carbonyl (C=O) groups is 2. The number of benzene rings is 2. The molecule has 1 aromatic heterocycles. The van der Waals surface area contributed by atoms with E-state index < -0.39 is 5.60 Å². The fourth-order valence-electron chi connectivity index (χ4n) is 4.31. The molecule has 1 unspecified atom stereocenters. The van der Waals surface area contributed by atoms with Gasteiger partial charge in [0.1, 0.15) is 29.5 Å². The summed E-state index contributed by atoms with van der Waals surface area (Å²) in [5.41, 5.74) is 4.03. The predicted octanol–water partition coefficient (Wildman–Crippen LogP) is 4.64. The maximum absolute atomic E-state index is 12.3. The minimum atomic E-state index is -0.531. The lowest BCUT2D eigenvalue weighted by atomic mass is 9.87. The van der Waals surface area contributed by atoms with Crippen molar-refractivity contribution in [2.75, 3.05) is 11.9 Å². The number of aromatic nitrogens is 1. The highest BCUT2D eigenvalue weighted by Gasteiger charge is 2.35. The Labute approximate surface area is 209 Å². The minimum absolute atomic E-state index is 0.264. The number of hydrogen-bond acceptors (Lipinski definition) is 6. The van der Waals surface area contributed by atoms with Crippen molar-refractivity contribution < 1.29 is 23.8 Å². The third-order valence-electron chi connectivity index (χ3n) is 6.51. The Hall–Kier alpha value is -4.07. The van der Waals surface area contributed by atoms with Crippen LogP contribution in [0.1, 0.15) is 52.9 Å². The van der Waals surface area contributed by atoms with E-state index in [1.807, 2.05) is 27.7 Å². The van der Waals surface area contributed by atoms with Gasteiger partial charge in [-0.1, -0.05) is 0 Å². The molecule has 3 aromatic rings. The summed E-state index contributed by atoms with van der Waals surface area (Å²) in [7, 11) is 0. The van der Waals surface area contributed by atoms with E-state index in [-0.39, 0.29) is 17.4 Å². The third kappa shape index (κ3) is 5.27. The second-order valence-corrected chi connectivity index (χ2v) is 9.37. The van der Waals surface area contributed by atoms with Gasteiger partial charge in [0.2, 0.25) is 5.56 Å². The number of pyridine rings is 1. The first-order valence-corrected chi connectivity index (χ1v) is 11.8. The van der Waals surface area contributed by atoms with Crippen molar-refractivity contribution in [2.45, 2.75) is 53.1 Å². The maximum Gasteiger partial charge on any atom is 0.308 e. The Balaban J connectivity index is 1.42. The molecule has 36 heavy (non-hydrogen) atoms. The Kier molecular flexibility index (Phi) is 6.88. The monoisotopic (exact) mass is 490 g/mol. The molecule has 1 aliphatic rings. The molecule has 8 heteroatoms. The Morgan fingerprint density at radius 3 is 2.42 bits per heavy atom. The highest BCUT2D eigenvalue weighted by Crippen LogP contribution is 2.44. The smallest absolute Gasteiger partial charge is 0.308 e. The number of rotatable bonds is 6. The van der Waals surface area contributed by atoms with Gasteiger partial charge in [-0.25, -0.2) is 0 Å². The van der Waals surface area contributed by atoms with Gasteiger partial charge in [0.05, 0.1) is 5.56 Å². The van der Waals surface area contributed by atoms with Crippen molar-refractivity contribution in [3.63, 3.8) is 0 Å². The van der Waals surface area contributed by atoms with E-state index in [4.69, 9.17) is 14.2 Å².